The third kappa shape index (κ3) is 7.51. The number of hydrogen-bond acceptors (Lipinski definition) is 5. The van der Waals surface area contributed by atoms with Gasteiger partial charge in [0.25, 0.3) is 0 Å². The molecule has 0 bridgehead atoms. The van der Waals surface area contributed by atoms with Crippen LogP contribution in [0.1, 0.15) is 50.2 Å². The van der Waals surface area contributed by atoms with E-state index in [-0.39, 0.29) is 36.0 Å². The first kappa shape index (κ1) is 27.5. The van der Waals surface area contributed by atoms with Gasteiger partial charge in [0.1, 0.15) is 6.04 Å². The number of rotatable bonds is 11. The number of hydrogen-bond donors (Lipinski definition) is 3. The van der Waals surface area contributed by atoms with E-state index in [4.69, 9.17) is 0 Å². The summed E-state index contributed by atoms with van der Waals surface area (Å²) in [5.74, 6) is -0.652. The van der Waals surface area contributed by atoms with Crippen molar-refractivity contribution in [1.29, 1.82) is 0 Å². The van der Waals surface area contributed by atoms with Crippen LogP contribution in [0.2, 0.25) is 0 Å². The van der Waals surface area contributed by atoms with E-state index in [1.807, 2.05) is 60.7 Å². The maximum Gasteiger partial charge on any atom is 0.243 e. The smallest absolute Gasteiger partial charge is 0.243 e. The Morgan fingerprint density at radius 3 is 2.16 bits per heavy atom. The molecule has 2 fully saturated rings. The predicted octanol–water partition coefficient (Wildman–Crippen LogP) is 2.16. The Bertz CT molecular complexity index is 1100. The first-order valence-corrected chi connectivity index (χ1v) is 13.6. The van der Waals surface area contributed by atoms with Gasteiger partial charge in [0.05, 0.1) is 12.1 Å². The van der Waals surface area contributed by atoms with E-state index in [9.17, 15) is 19.2 Å². The first-order valence-electron chi connectivity index (χ1n) is 13.6. The maximum absolute atomic E-state index is 13.4. The fourth-order valence-electron chi connectivity index (χ4n) is 5.39. The fourth-order valence-corrected chi connectivity index (χ4v) is 5.39. The minimum atomic E-state index is -0.639. The monoisotopic (exact) mass is 518 g/mol. The molecule has 4 rings (SSSR count). The van der Waals surface area contributed by atoms with E-state index >= 15 is 0 Å². The second-order valence-electron chi connectivity index (χ2n) is 10.4. The van der Waals surface area contributed by atoms with Crippen molar-refractivity contribution in [2.45, 2.75) is 76.0 Å². The number of nitrogens with zero attached hydrogens (tertiary/aromatic N) is 1. The molecule has 0 aromatic heterocycles. The van der Waals surface area contributed by atoms with Crippen molar-refractivity contribution >= 4 is 23.5 Å². The lowest BCUT2D eigenvalue weighted by atomic mass is 10.00. The highest BCUT2D eigenvalue weighted by Crippen LogP contribution is 2.21. The van der Waals surface area contributed by atoms with Crippen molar-refractivity contribution in [3.05, 3.63) is 71.8 Å². The summed E-state index contributed by atoms with van der Waals surface area (Å²) in [6.07, 6.45) is 4.05. The maximum atomic E-state index is 13.4. The number of carbonyl (C=O) groups is 4. The van der Waals surface area contributed by atoms with Gasteiger partial charge in [-0.05, 0) is 63.1 Å². The highest BCUT2D eigenvalue weighted by Gasteiger charge is 2.38. The molecule has 4 atom stereocenters. The van der Waals surface area contributed by atoms with Crippen LogP contribution in [0, 0.1) is 0 Å². The molecule has 2 saturated heterocycles. The van der Waals surface area contributed by atoms with E-state index in [1.165, 1.54) is 6.92 Å². The Hall–Kier alpha value is -3.52. The van der Waals surface area contributed by atoms with Crippen LogP contribution in [0.5, 0.6) is 0 Å². The topological polar surface area (TPSA) is 108 Å². The number of amides is 3. The van der Waals surface area contributed by atoms with Crippen molar-refractivity contribution < 1.29 is 19.2 Å². The molecule has 0 spiro atoms. The van der Waals surface area contributed by atoms with Gasteiger partial charge in [0.15, 0.2) is 5.78 Å². The summed E-state index contributed by atoms with van der Waals surface area (Å²) >= 11 is 0. The van der Waals surface area contributed by atoms with E-state index in [0.29, 0.717) is 25.8 Å². The van der Waals surface area contributed by atoms with E-state index in [2.05, 4.69) is 16.0 Å². The van der Waals surface area contributed by atoms with Crippen LogP contribution < -0.4 is 16.0 Å². The largest absolute Gasteiger partial charge is 0.351 e. The van der Waals surface area contributed by atoms with Gasteiger partial charge in [0.2, 0.25) is 17.7 Å². The van der Waals surface area contributed by atoms with Crippen molar-refractivity contribution in [3.63, 3.8) is 0 Å². The zero-order valence-electron chi connectivity index (χ0n) is 22.0. The predicted molar refractivity (Wildman–Crippen MR) is 145 cm³/mol. The van der Waals surface area contributed by atoms with Crippen LogP contribution in [0.15, 0.2) is 60.7 Å². The molecule has 3 N–H and O–H groups in total. The molecule has 2 aliphatic rings. The molecule has 202 valence electrons. The third-order valence-corrected chi connectivity index (χ3v) is 7.41. The summed E-state index contributed by atoms with van der Waals surface area (Å²) in [6.45, 7) is 2.86. The molecule has 2 heterocycles. The fraction of sp³-hybridized carbons (Fsp3) is 0.467. The highest BCUT2D eigenvalue weighted by atomic mass is 16.2. The van der Waals surface area contributed by atoms with Gasteiger partial charge in [-0.15, -0.1) is 0 Å². The van der Waals surface area contributed by atoms with Crippen LogP contribution in [0.25, 0.3) is 0 Å². The van der Waals surface area contributed by atoms with Crippen molar-refractivity contribution in [3.8, 4) is 0 Å². The van der Waals surface area contributed by atoms with Crippen molar-refractivity contribution in [2.24, 2.45) is 0 Å². The van der Waals surface area contributed by atoms with Crippen LogP contribution >= 0.6 is 0 Å². The average Bonchev–Trinajstić information content (AvgIpc) is 3.62. The van der Waals surface area contributed by atoms with E-state index in [1.54, 1.807) is 4.90 Å². The Morgan fingerprint density at radius 1 is 0.895 bits per heavy atom. The van der Waals surface area contributed by atoms with Crippen LogP contribution in [0.3, 0.4) is 0 Å². The number of likely N-dealkylation sites (tertiary alicyclic amines) is 1. The van der Waals surface area contributed by atoms with Gasteiger partial charge in [-0.1, -0.05) is 60.7 Å². The number of ketones is 1. The molecule has 0 aliphatic carbocycles. The highest BCUT2D eigenvalue weighted by molar-refractivity contribution is 5.91. The Labute approximate surface area is 224 Å². The Kier molecular flexibility index (Phi) is 9.65. The summed E-state index contributed by atoms with van der Waals surface area (Å²) < 4.78 is 0. The quantitative estimate of drug-likeness (QED) is 0.423. The number of benzene rings is 2. The molecule has 0 radical (unpaired) electrons. The lowest BCUT2D eigenvalue weighted by molar-refractivity contribution is -0.140. The summed E-state index contributed by atoms with van der Waals surface area (Å²) in [6, 6.07) is 17.4. The van der Waals surface area contributed by atoms with Crippen molar-refractivity contribution in [1.82, 2.24) is 20.9 Å². The van der Waals surface area contributed by atoms with Gasteiger partial charge >= 0.3 is 0 Å². The molecular weight excluding hydrogens is 480 g/mol. The number of carbonyl (C=O) groups excluding carboxylic acids is 4. The Morgan fingerprint density at radius 2 is 1.55 bits per heavy atom. The number of nitrogens with one attached hydrogen (secondary N) is 3. The van der Waals surface area contributed by atoms with Crippen LogP contribution in [0.4, 0.5) is 0 Å². The Balaban J connectivity index is 1.42. The molecule has 38 heavy (non-hydrogen) atoms. The summed E-state index contributed by atoms with van der Waals surface area (Å²) in [5.41, 5.74) is 1.96. The lowest BCUT2D eigenvalue weighted by Crippen LogP contribution is -2.53. The average molecular weight is 519 g/mol. The molecule has 2 aromatic rings. The summed E-state index contributed by atoms with van der Waals surface area (Å²) in [5, 5.41) is 9.18. The molecule has 8 heteroatoms. The normalized spacial score (nSPS) is 20.5. The summed E-state index contributed by atoms with van der Waals surface area (Å²) in [4.78, 5) is 53.6. The molecule has 2 aliphatic heterocycles. The van der Waals surface area contributed by atoms with Crippen molar-refractivity contribution in [2.75, 3.05) is 13.1 Å². The molecule has 0 saturated carbocycles. The third-order valence-electron chi connectivity index (χ3n) is 7.41. The van der Waals surface area contributed by atoms with Gasteiger partial charge in [-0.3, -0.25) is 19.2 Å². The van der Waals surface area contributed by atoms with Gasteiger partial charge in [-0.25, -0.2) is 0 Å². The SMILES string of the molecule is CC(=O)[C@H](Cc1ccccc1)NC(=O)C[C@H](Cc1ccccc1)NC(=O)[C@@H]1CCCN1C(=O)[C@H]1CCCN1. The van der Waals surface area contributed by atoms with Crippen LogP contribution in [-0.2, 0) is 32.0 Å². The van der Waals surface area contributed by atoms with E-state index in [0.717, 1.165) is 36.9 Å². The minimum Gasteiger partial charge on any atom is -0.351 e. The van der Waals surface area contributed by atoms with Crippen LogP contribution in [-0.4, -0.2) is 65.7 Å². The second kappa shape index (κ2) is 13.3. The molecular formula is C30H38N4O4. The first-order chi connectivity index (χ1) is 18.4. The minimum absolute atomic E-state index is 0.0114. The number of Topliss-reactive ketones (excluding diaryl/α,β-unsaturated/α-hetero) is 1. The van der Waals surface area contributed by atoms with Gasteiger partial charge < -0.3 is 20.9 Å². The molecule has 0 unspecified atom stereocenters. The second-order valence-corrected chi connectivity index (χ2v) is 10.4. The molecule has 8 nitrogen and oxygen atoms in total. The van der Waals surface area contributed by atoms with Gasteiger partial charge in [-0.2, -0.15) is 0 Å². The lowest BCUT2D eigenvalue weighted by Gasteiger charge is -2.28. The zero-order valence-corrected chi connectivity index (χ0v) is 22.0. The van der Waals surface area contributed by atoms with E-state index < -0.39 is 18.1 Å². The van der Waals surface area contributed by atoms with Gasteiger partial charge in [0, 0.05) is 19.0 Å². The summed E-state index contributed by atoms with van der Waals surface area (Å²) in [7, 11) is 0. The molecule has 3 amide bonds. The standard InChI is InChI=1S/C30H38N4O4/c1-21(35)26(19-23-12-6-3-7-13-23)33-28(36)20-24(18-22-10-4-2-5-11-22)32-29(37)27-15-9-17-34(27)30(38)25-14-8-16-31-25/h2-7,10-13,24-27,31H,8-9,14-20H2,1H3,(H,32,37)(H,33,36)/t24-,25+,26-,27-/m0/s1. The molecule has 2 aromatic carbocycles. The zero-order chi connectivity index (χ0) is 26.9.